The van der Waals surface area contributed by atoms with Gasteiger partial charge in [0.25, 0.3) is 0 Å². The fourth-order valence-electron chi connectivity index (χ4n) is 2.38. The number of hydrogen-bond acceptors (Lipinski definition) is 7. The summed E-state index contributed by atoms with van der Waals surface area (Å²) in [7, 11) is 3.34. The van der Waals surface area contributed by atoms with Gasteiger partial charge in [-0.25, -0.2) is 9.97 Å². The van der Waals surface area contributed by atoms with Crippen LogP contribution in [0.2, 0.25) is 0 Å². The third kappa shape index (κ3) is 4.39. The van der Waals surface area contributed by atoms with Crippen molar-refractivity contribution in [3.63, 3.8) is 0 Å². The smallest absolute Gasteiger partial charge is 0.353 e. The molecule has 0 spiro atoms. The molecule has 0 radical (unpaired) electrons. The minimum atomic E-state index is -0.460. The van der Waals surface area contributed by atoms with Crippen LogP contribution in [0, 0.1) is 10.1 Å². The number of nitrogens with one attached hydrogen (secondary N) is 1. The maximum atomic E-state index is 11.6. The number of hydrogen-bond donors (Lipinski definition) is 1. The second-order valence-corrected chi connectivity index (χ2v) is 5.49. The van der Waals surface area contributed by atoms with E-state index in [1.165, 1.54) is 6.33 Å². The lowest BCUT2D eigenvalue weighted by Crippen LogP contribution is -2.24. The van der Waals surface area contributed by atoms with E-state index in [1.807, 2.05) is 37.3 Å². The average Bonchev–Trinajstić information content (AvgIpc) is 2.55. The Hall–Kier alpha value is -2.74. The lowest BCUT2D eigenvalue weighted by atomic mass is 10.2. The molecule has 0 saturated heterocycles. The Morgan fingerprint density at radius 3 is 2.67 bits per heavy atom. The summed E-state index contributed by atoms with van der Waals surface area (Å²) in [6.45, 7) is 2.78. The summed E-state index contributed by atoms with van der Waals surface area (Å²) in [5, 5.41) is 14.6. The molecule has 0 fully saturated rings. The molecular weight excluding hydrogens is 310 g/mol. The highest BCUT2D eigenvalue weighted by molar-refractivity contribution is 5.70. The van der Waals surface area contributed by atoms with Gasteiger partial charge in [-0.15, -0.1) is 0 Å². The predicted molar refractivity (Wildman–Crippen MR) is 92.2 cm³/mol. The Balaban J connectivity index is 2.30. The van der Waals surface area contributed by atoms with Crippen LogP contribution in [0.5, 0.6) is 0 Å². The zero-order valence-corrected chi connectivity index (χ0v) is 14.0. The van der Waals surface area contributed by atoms with E-state index in [1.54, 1.807) is 19.1 Å². The summed E-state index contributed by atoms with van der Waals surface area (Å²) >= 11 is 0. The van der Waals surface area contributed by atoms with Gasteiger partial charge in [-0.3, -0.25) is 10.1 Å². The minimum absolute atomic E-state index is 0.115. The molecule has 1 aromatic carbocycles. The topological polar surface area (TPSA) is 93.4 Å². The Bertz CT molecular complexity index is 681. The highest BCUT2D eigenvalue weighted by atomic mass is 16.6. The molecule has 0 aliphatic rings. The number of aromatic nitrogens is 2. The van der Waals surface area contributed by atoms with Crippen molar-refractivity contribution < 1.29 is 9.66 Å². The van der Waals surface area contributed by atoms with Crippen molar-refractivity contribution in [2.75, 3.05) is 31.0 Å². The van der Waals surface area contributed by atoms with E-state index in [0.717, 1.165) is 5.56 Å². The first-order valence-corrected chi connectivity index (χ1v) is 7.52. The first-order chi connectivity index (χ1) is 11.5. The van der Waals surface area contributed by atoms with Crippen molar-refractivity contribution in [2.45, 2.75) is 19.5 Å². The van der Waals surface area contributed by atoms with Crippen LogP contribution < -0.4 is 10.2 Å². The van der Waals surface area contributed by atoms with Crippen LogP contribution in [0.25, 0.3) is 0 Å². The molecular formula is C16H21N5O3. The zero-order valence-electron chi connectivity index (χ0n) is 14.0. The Labute approximate surface area is 140 Å². The summed E-state index contributed by atoms with van der Waals surface area (Å²) in [6.07, 6.45) is 1.33. The quantitative estimate of drug-likeness (QED) is 0.586. The summed E-state index contributed by atoms with van der Waals surface area (Å²) in [5.41, 5.74) is 0.897. The Morgan fingerprint density at radius 2 is 2.04 bits per heavy atom. The fourth-order valence-corrected chi connectivity index (χ4v) is 2.38. The van der Waals surface area contributed by atoms with Gasteiger partial charge in [0.1, 0.15) is 6.33 Å². The van der Waals surface area contributed by atoms with E-state index in [-0.39, 0.29) is 23.4 Å². The second-order valence-electron chi connectivity index (χ2n) is 5.49. The van der Waals surface area contributed by atoms with Crippen LogP contribution in [0.15, 0.2) is 36.7 Å². The van der Waals surface area contributed by atoms with Crippen molar-refractivity contribution in [2.24, 2.45) is 0 Å². The van der Waals surface area contributed by atoms with Crippen LogP contribution >= 0.6 is 0 Å². The third-order valence-electron chi connectivity index (χ3n) is 3.41. The highest BCUT2D eigenvalue weighted by Gasteiger charge is 2.26. The van der Waals surface area contributed by atoms with E-state index in [2.05, 4.69) is 15.3 Å². The van der Waals surface area contributed by atoms with Crippen LogP contribution in [-0.2, 0) is 11.3 Å². The van der Waals surface area contributed by atoms with Crippen molar-refractivity contribution in [3.8, 4) is 0 Å². The average molecular weight is 331 g/mol. The minimum Gasteiger partial charge on any atom is -0.383 e. The van der Waals surface area contributed by atoms with E-state index in [4.69, 9.17) is 4.74 Å². The number of benzene rings is 1. The first kappa shape index (κ1) is 17.6. The van der Waals surface area contributed by atoms with Gasteiger partial charge in [0.2, 0.25) is 11.6 Å². The lowest BCUT2D eigenvalue weighted by molar-refractivity contribution is -0.383. The Morgan fingerprint density at radius 1 is 1.33 bits per heavy atom. The van der Waals surface area contributed by atoms with E-state index < -0.39 is 4.92 Å². The molecule has 0 amide bonds. The predicted octanol–water partition coefficient (Wildman–Crippen LogP) is 2.47. The molecule has 0 bridgehead atoms. The van der Waals surface area contributed by atoms with Gasteiger partial charge in [-0.05, 0) is 12.5 Å². The van der Waals surface area contributed by atoms with Gasteiger partial charge >= 0.3 is 5.69 Å². The molecule has 2 rings (SSSR count). The zero-order chi connectivity index (χ0) is 17.5. The number of nitrogens with zero attached hydrogens (tertiary/aromatic N) is 4. The van der Waals surface area contributed by atoms with Crippen LogP contribution in [0.4, 0.5) is 17.3 Å². The first-order valence-electron chi connectivity index (χ1n) is 7.52. The second kappa shape index (κ2) is 8.21. The molecule has 0 saturated carbocycles. The molecule has 1 atom stereocenters. The van der Waals surface area contributed by atoms with Gasteiger partial charge in [0.15, 0.2) is 0 Å². The summed E-state index contributed by atoms with van der Waals surface area (Å²) in [5.74, 6) is 0.459. The molecule has 1 N–H and O–H groups in total. The van der Waals surface area contributed by atoms with E-state index in [9.17, 15) is 10.1 Å². The molecule has 128 valence electrons. The summed E-state index contributed by atoms with van der Waals surface area (Å²) < 4.78 is 5.05. The Kier molecular flexibility index (Phi) is 6.02. The van der Waals surface area contributed by atoms with Gasteiger partial charge in [0.05, 0.1) is 11.5 Å². The third-order valence-corrected chi connectivity index (χ3v) is 3.41. The van der Waals surface area contributed by atoms with Gasteiger partial charge < -0.3 is 15.0 Å². The standard InChI is InChI=1S/C16H21N5O3/c1-12(10-24-3)19-15-14(21(22)23)16(18-11-17-15)20(2)9-13-7-5-4-6-8-13/h4-8,11-12H,9-10H2,1-3H3,(H,17,18,19). The maximum absolute atomic E-state index is 11.6. The van der Waals surface area contributed by atoms with Gasteiger partial charge in [-0.2, -0.15) is 0 Å². The lowest BCUT2D eigenvalue weighted by Gasteiger charge is -2.20. The molecule has 1 heterocycles. The SMILES string of the molecule is COCC(C)Nc1ncnc(N(C)Cc2ccccc2)c1[N+](=O)[O-]. The largest absolute Gasteiger partial charge is 0.383 e. The molecule has 0 aliphatic heterocycles. The number of methoxy groups -OCH3 is 1. The molecule has 8 heteroatoms. The summed E-state index contributed by atoms with van der Waals surface area (Å²) in [6, 6.07) is 9.59. The fraction of sp³-hybridized carbons (Fsp3) is 0.375. The number of ether oxygens (including phenoxy) is 1. The van der Waals surface area contributed by atoms with E-state index in [0.29, 0.717) is 13.2 Å². The van der Waals surface area contributed by atoms with Crippen LogP contribution in [-0.4, -0.2) is 41.7 Å². The van der Waals surface area contributed by atoms with Crippen molar-refractivity contribution in [1.29, 1.82) is 0 Å². The molecule has 1 aromatic heterocycles. The molecule has 0 aliphatic carbocycles. The number of rotatable bonds is 8. The molecule has 24 heavy (non-hydrogen) atoms. The normalized spacial score (nSPS) is 11.8. The van der Waals surface area contributed by atoms with Gasteiger partial charge in [0, 0.05) is 26.7 Å². The monoisotopic (exact) mass is 331 g/mol. The van der Waals surface area contributed by atoms with Crippen molar-refractivity contribution in [3.05, 3.63) is 52.3 Å². The molecule has 8 nitrogen and oxygen atoms in total. The summed E-state index contributed by atoms with van der Waals surface area (Å²) in [4.78, 5) is 21.0. The number of anilines is 2. The van der Waals surface area contributed by atoms with Crippen molar-refractivity contribution >= 4 is 17.3 Å². The van der Waals surface area contributed by atoms with E-state index >= 15 is 0 Å². The van der Waals surface area contributed by atoms with Crippen LogP contribution in [0.3, 0.4) is 0 Å². The molecule has 1 unspecified atom stereocenters. The highest BCUT2D eigenvalue weighted by Crippen LogP contribution is 2.32. The van der Waals surface area contributed by atoms with Crippen LogP contribution in [0.1, 0.15) is 12.5 Å². The van der Waals surface area contributed by atoms with Crippen molar-refractivity contribution in [1.82, 2.24) is 9.97 Å². The molecule has 2 aromatic rings. The maximum Gasteiger partial charge on any atom is 0.353 e. The van der Waals surface area contributed by atoms with Gasteiger partial charge in [-0.1, -0.05) is 30.3 Å². The number of nitro groups is 1.